The third-order valence-corrected chi connectivity index (χ3v) is 5.56. The first-order valence-electron chi connectivity index (χ1n) is 11.7. The average molecular weight is 515 g/mol. The number of anilines is 1. The molecule has 0 atom stereocenters. The Kier molecular flexibility index (Phi) is 6.94. The standard InChI is InChI=1S/C27H26F4N4O2/c1-5-12-37-17-7-9-20(28)18(14-17)21-10-11-24-32-23(15-35(24)34-21)16-6-8-19(27(29,30)31)22(13-16)33-25(36)26(2,3)4/h6-11,13-15H,5,12H2,1-4H3,(H,33,36). The number of fused-ring (bicyclic) bond motifs is 1. The topological polar surface area (TPSA) is 68.5 Å². The average Bonchev–Trinajstić information content (AvgIpc) is 3.25. The van der Waals surface area contributed by atoms with Gasteiger partial charge in [-0.2, -0.15) is 18.3 Å². The number of hydrogen-bond acceptors (Lipinski definition) is 4. The lowest BCUT2D eigenvalue weighted by molar-refractivity contribution is -0.137. The van der Waals surface area contributed by atoms with E-state index in [0.29, 0.717) is 35.0 Å². The number of imidazole rings is 1. The van der Waals surface area contributed by atoms with Crippen molar-refractivity contribution in [2.75, 3.05) is 11.9 Å². The number of nitrogens with zero attached hydrogens (tertiary/aromatic N) is 3. The Balaban J connectivity index is 1.73. The molecule has 0 radical (unpaired) electrons. The highest BCUT2D eigenvalue weighted by Crippen LogP contribution is 2.38. The Hall–Kier alpha value is -3.95. The number of nitrogens with one attached hydrogen (secondary N) is 1. The SMILES string of the molecule is CCCOc1ccc(F)c(-c2ccc3nc(-c4ccc(C(F)(F)F)c(NC(=O)C(C)(C)C)c4)cn3n2)c1. The summed E-state index contributed by atoms with van der Waals surface area (Å²) in [4.78, 5) is 16.9. The van der Waals surface area contributed by atoms with Crippen molar-refractivity contribution in [3.8, 4) is 28.3 Å². The zero-order valence-electron chi connectivity index (χ0n) is 20.8. The first-order chi connectivity index (χ1) is 17.4. The molecular weight excluding hydrogens is 488 g/mol. The molecule has 0 saturated carbocycles. The van der Waals surface area contributed by atoms with Crippen LogP contribution in [0.1, 0.15) is 39.7 Å². The lowest BCUT2D eigenvalue weighted by atomic mass is 9.95. The van der Waals surface area contributed by atoms with Gasteiger partial charge in [0.1, 0.15) is 11.6 Å². The molecule has 2 aromatic carbocycles. The number of amides is 1. The monoisotopic (exact) mass is 514 g/mol. The number of alkyl halides is 3. The van der Waals surface area contributed by atoms with E-state index in [2.05, 4.69) is 15.4 Å². The van der Waals surface area contributed by atoms with Crippen molar-refractivity contribution in [1.29, 1.82) is 0 Å². The highest BCUT2D eigenvalue weighted by atomic mass is 19.4. The fourth-order valence-corrected chi connectivity index (χ4v) is 3.54. The van der Waals surface area contributed by atoms with E-state index in [4.69, 9.17) is 4.74 Å². The van der Waals surface area contributed by atoms with Gasteiger partial charge in [0.2, 0.25) is 5.91 Å². The number of carbonyl (C=O) groups excluding carboxylic acids is 1. The van der Waals surface area contributed by atoms with Crippen molar-refractivity contribution >= 4 is 17.2 Å². The smallest absolute Gasteiger partial charge is 0.418 e. The summed E-state index contributed by atoms with van der Waals surface area (Å²) in [6.45, 7) is 7.29. The maximum Gasteiger partial charge on any atom is 0.418 e. The van der Waals surface area contributed by atoms with Crippen molar-refractivity contribution in [2.24, 2.45) is 5.41 Å². The zero-order valence-corrected chi connectivity index (χ0v) is 20.8. The summed E-state index contributed by atoms with van der Waals surface area (Å²) in [5, 5.41) is 6.84. The minimum Gasteiger partial charge on any atom is -0.494 e. The molecule has 0 aliphatic rings. The van der Waals surface area contributed by atoms with E-state index in [9.17, 15) is 22.4 Å². The molecule has 1 N–H and O–H groups in total. The van der Waals surface area contributed by atoms with Crippen molar-refractivity contribution in [3.63, 3.8) is 0 Å². The lowest BCUT2D eigenvalue weighted by Gasteiger charge is -2.20. The molecule has 2 aromatic heterocycles. The molecular formula is C27H26F4N4O2. The van der Waals surface area contributed by atoms with E-state index in [1.54, 1.807) is 45.0 Å². The first-order valence-corrected chi connectivity index (χ1v) is 11.7. The van der Waals surface area contributed by atoms with E-state index in [1.807, 2.05) is 6.92 Å². The predicted molar refractivity (Wildman–Crippen MR) is 133 cm³/mol. The molecule has 0 aliphatic heterocycles. The molecule has 0 unspecified atom stereocenters. The third-order valence-electron chi connectivity index (χ3n) is 5.56. The number of aromatic nitrogens is 3. The van der Waals surface area contributed by atoms with Crippen LogP contribution in [0.2, 0.25) is 0 Å². The number of carbonyl (C=O) groups is 1. The molecule has 194 valence electrons. The summed E-state index contributed by atoms with van der Waals surface area (Å²) >= 11 is 0. The van der Waals surface area contributed by atoms with Crippen molar-refractivity contribution in [3.05, 3.63) is 66.1 Å². The van der Waals surface area contributed by atoms with Gasteiger partial charge in [-0.05, 0) is 48.9 Å². The Morgan fingerprint density at radius 2 is 1.78 bits per heavy atom. The van der Waals surface area contributed by atoms with E-state index in [-0.39, 0.29) is 11.3 Å². The highest BCUT2D eigenvalue weighted by Gasteiger charge is 2.35. The predicted octanol–water partition coefficient (Wildman–Crippen LogP) is 6.99. The second kappa shape index (κ2) is 9.84. The van der Waals surface area contributed by atoms with Gasteiger partial charge < -0.3 is 10.1 Å². The maximum absolute atomic E-state index is 14.6. The highest BCUT2D eigenvalue weighted by molar-refractivity contribution is 5.96. The largest absolute Gasteiger partial charge is 0.494 e. The van der Waals surface area contributed by atoms with Gasteiger partial charge >= 0.3 is 6.18 Å². The van der Waals surface area contributed by atoms with Gasteiger partial charge in [-0.15, -0.1) is 0 Å². The van der Waals surface area contributed by atoms with Crippen LogP contribution >= 0.6 is 0 Å². The lowest BCUT2D eigenvalue weighted by Crippen LogP contribution is -2.28. The molecule has 0 fully saturated rings. The van der Waals surface area contributed by atoms with Crippen LogP contribution in [0.5, 0.6) is 5.75 Å². The van der Waals surface area contributed by atoms with Crippen LogP contribution in [-0.4, -0.2) is 27.1 Å². The third kappa shape index (κ3) is 5.73. The summed E-state index contributed by atoms with van der Waals surface area (Å²) < 4.78 is 62.4. The van der Waals surface area contributed by atoms with E-state index in [1.165, 1.54) is 28.9 Å². The Labute approximate surface area is 211 Å². The van der Waals surface area contributed by atoms with E-state index in [0.717, 1.165) is 12.5 Å². The molecule has 4 rings (SSSR count). The summed E-state index contributed by atoms with van der Waals surface area (Å²) in [6.07, 6.45) is -2.32. The minimum atomic E-state index is -4.66. The van der Waals surface area contributed by atoms with Crippen LogP contribution in [0, 0.1) is 11.2 Å². The molecule has 10 heteroatoms. The number of halogens is 4. The summed E-state index contributed by atoms with van der Waals surface area (Å²) in [5.41, 5.74) is -0.529. The molecule has 6 nitrogen and oxygen atoms in total. The maximum atomic E-state index is 14.6. The van der Waals surface area contributed by atoms with Gasteiger partial charge in [-0.25, -0.2) is 13.9 Å². The Morgan fingerprint density at radius 3 is 2.46 bits per heavy atom. The molecule has 1 amide bonds. The number of rotatable bonds is 6. The fourth-order valence-electron chi connectivity index (χ4n) is 3.54. The second-order valence-corrected chi connectivity index (χ2v) is 9.60. The van der Waals surface area contributed by atoms with Crippen molar-refractivity contribution < 1.29 is 27.1 Å². The summed E-state index contributed by atoms with van der Waals surface area (Å²) in [7, 11) is 0. The quantitative estimate of drug-likeness (QED) is 0.282. The number of hydrogen-bond donors (Lipinski definition) is 1. The minimum absolute atomic E-state index is 0.243. The van der Waals surface area contributed by atoms with Crippen LogP contribution in [0.15, 0.2) is 54.7 Å². The number of benzene rings is 2. The Bertz CT molecular complexity index is 1460. The molecule has 0 saturated heterocycles. The molecule has 2 heterocycles. The van der Waals surface area contributed by atoms with Crippen LogP contribution in [0.3, 0.4) is 0 Å². The summed E-state index contributed by atoms with van der Waals surface area (Å²) in [6, 6.07) is 11.1. The van der Waals surface area contributed by atoms with Gasteiger partial charge in [-0.3, -0.25) is 4.79 Å². The van der Waals surface area contributed by atoms with Gasteiger partial charge in [0.15, 0.2) is 5.65 Å². The zero-order chi connectivity index (χ0) is 27.0. The van der Waals surface area contributed by atoms with Crippen molar-refractivity contribution in [2.45, 2.75) is 40.3 Å². The van der Waals surface area contributed by atoms with Gasteiger partial charge in [0, 0.05) is 16.5 Å². The van der Waals surface area contributed by atoms with Gasteiger partial charge in [0.05, 0.1) is 35.4 Å². The van der Waals surface area contributed by atoms with Gasteiger partial charge in [-0.1, -0.05) is 33.8 Å². The molecule has 0 spiro atoms. The first kappa shape index (κ1) is 26.1. The Morgan fingerprint density at radius 1 is 1.03 bits per heavy atom. The summed E-state index contributed by atoms with van der Waals surface area (Å²) in [5.74, 6) is -0.511. The molecule has 0 bridgehead atoms. The fraction of sp³-hybridized carbons (Fsp3) is 0.296. The second-order valence-electron chi connectivity index (χ2n) is 9.60. The van der Waals surface area contributed by atoms with Crippen LogP contribution in [0.4, 0.5) is 23.2 Å². The van der Waals surface area contributed by atoms with E-state index < -0.39 is 28.9 Å². The van der Waals surface area contributed by atoms with Crippen LogP contribution in [-0.2, 0) is 11.0 Å². The molecule has 0 aliphatic carbocycles. The van der Waals surface area contributed by atoms with Crippen LogP contribution < -0.4 is 10.1 Å². The molecule has 37 heavy (non-hydrogen) atoms. The normalized spacial score (nSPS) is 12.1. The van der Waals surface area contributed by atoms with Crippen molar-refractivity contribution in [1.82, 2.24) is 14.6 Å². The number of ether oxygens (including phenoxy) is 1. The van der Waals surface area contributed by atoms with E-state index >= 15 is 0 Å². The van der Waals surface area contributed by atoms with Crippen LogP contribution in [0.25, 0.3) is 28.2 Å². The van der Waals surface area contributed by atoms with Gasteiger partial charge in [0.25, 0.3) is 0 Å². The molecule has 4 aromatic rings.